The number of rotatable bonds is 10. The molecule has 0 radical (unpaired) electrons. The molecule has 0 bridgehead atoms. The van der Waals surface area contributed by atoms with Crippen molar-refractivity contribution in [2.45, 2.75) is 0 Å². The summed E-state index contributed by atoms with van der Waals surface area (Å²) in [6.07, 6.45) is 0. The average molecular weight is 393 g/mol. The van der Waals surface area contributed by atoms with Gasteiger partial charge >= 0.3 is 0 Å². The van der Waals surface area contributed by atoms with Crippen molar-refractivity contribution in [3.05, 3.63) is 40.9 Å². The first-order valence-electron chi connectivity index (χ1n) is 8.27. The molecule has 146 valence electrons. The minimum atomic E-state index is -0.304. The first kappa shape index (κ1) is 20.8. The second kappa shape index (κ2) is 10.6. The number of hydrogen-bond donors (Lipinski definition) is 1. The Kier molecular flexibility index (Phi) is 8.18. The fourth-order valence-electron chi connectivity index (χ4n) is 2.22. The first-order valence-corrected chi connectivity index (χ1v) is 9.15. The Morgan fingerprint density at radius 1 is 1.07 bits per heavy atom. The van der Waals surface area contributed by atoms with E-state index in [1.807, 2.05) is 0 Å². The van der Waals surface area contributed by atoms with Gasteiger partial charge in [-0.05, 0) is 24.3 Å². The number of methoxy groups -OCH3 is 3. The van der Waals surface area contributed by atoms with E-state index >= 15 is 0 Å². The van der Waals surface area contributed by atoms with Crippen LogP contribution in [-0.2, 0) is 9.47 Å². The fraction of sp³-hybridized carbons (Fsp3) is 0.389. The van der Waals surface area contributed by atoms with Gasteiger partial charge in [0, 0.05) is 38.3 Å². The maximum absolute atomic E-state index is 12.6. The largest absolute Gasteiger partial charge is 0.497 e. The van der Waals surface area contributed by atoms with Crippen LogP contribution in [-0.4, -0.2) is 69.3 Å². The molecule has 0 aliphatic heterocycles. The number of aromatic nitrogens is 1. The van der Waals surface area contributed by atoms with Crippen molar-refractivity contribution in [3.63, 3.8) is 0 Å². The zero-order chi connectivity index (χ0) is 19.6. The molecule has 0 saturated heterocycles. The molecule has 2 amide bonds. The maximum atomic E-state index is 12.6. The molecule has 27 heavy (non-hydrogen) atoms. The molecule has 8 nitrogen and oxygen atoms in total. The lowest BCUT2D eigenvalue weighted by molar-refractivity contribution is 0.0622. The molecule has 0 aliphatic rings. The smallest absolute Gasteiger partial charge is 0.273 e. The molecule has 0 unspecified atom stereocenters. The quantitative estimate of drug-likeness (QED) is 0.665. The average Bonchev–Trinajstić information content (AvgIpc) is 3.16. The monoisotopic (exact) mass is 393 g/mol. The van der Waals surface area contributed by atoms with Crippen LogP contribution in [0.25, 0.3) is 0 Å². The summed E-state index contributed by atoms with van der Waals surface area (Å²) in [4.78, 5) is 30.8. The molecule has 1 heterocycles. The Bertz CT molecular complexity index is 740. The van der Waals surface area contributed by atoms with Gasteiger partial charge in [-0.2, -0.15) is 0 Å². The van der Waals surface area contributed by atoms with Crippen LogP contribution in [0.3, 0.4) is 0 Å². The third-order valence-corrected chi connectivity index (χ3v) is 4.47. The molecule has 2 rings (SSSR count). The second-order valence-electron chi connectivity index (χ2n) is 5.50. The summed E-state index contributed by atoms with van der Waals surface area (Å²) in [5.74, 6) is 0.132. The van der Waals surface area contributed by atoms with Gasteiger partial charge in [0.1, 0.15) is 11.4 Å². The summed E-state index contributed by atoms with van der Waals surface area (Å²) >= 11 is 1.20. The van der Waals surface area contributed by atoms with Gasteiger partial charge in [-0.1, -0.05) is 0 Å². The van der Waals surface area contributed by atoms with Gasteiger partial charge in [-0.25, -0.2) is 4.98 Å². The van der Waals surface area contributed by atoms with E-state index in [9.17, 15) is 9.59 Å². The Labute approximate surface area is 162 Å². The Morgan fingerprint density at radius 2 is 1.70 bits per heavy atom. The van der Waals surface area contributed by atoms with Crippen LogP contribution in [0, 0.1) is 0 Å². The molecule has 2 aromatic rings. The molecule has 0 aliphatic carbocycles. The van der Waals surface area contributed by atoms with Gasteiger partial charge in [-0.3, -0.25) is 14.9 Å². The first-order chi connectivity index (χ1) is 13.1. The van der Waals surface area contributed by atoms with Crippen LogP contribution < -0.4 is 10.1 Å². The number of hydrogen-bond acceptors (Lipinski definition) is 7. The molecule has 0 fully saturated rings. The Hall–Kier alpha value is -2.49. The van der Waals surface area contributed by atoms with Gasteiger partial charge in [-0.15, -0.1) is 11.3 Å². The highest BCUT2D eigenvalue weighted by Gasteiger charge is 2.19. The van der Waals surface area contributed by atoms with E-state index in [-0.39, 0.29) is 17.5 Å². The topological polar surface area (TPSA) is 90.0 Å². The molecular weight excluding hydrogens is 370 g/mol. The summed E-state index contributed by atoms with van der Waals surface area (Å²) in [5.41, 5.74) is 0.748. The number of benzene rings is 1. The number of carbonyl (C=O) groups is 2. The third-order valence-electron chi connectivity index (χ3n) is 3.71. The number of nitrogens with zero attached hydrogens (tertiary/aromatic N) is 2. The summed E-state index contributed by atoms with van der Waals surface area (Å²) in [6, 6.07) is 6.72. The zero-order valence-corrected chi connectivity index (χ0v) is 16.4. The van der Waals surface area contributed by atoms with Crippen LogP contribution in [0.4, 0.5) is 5.13 Å². The standard InChI is InChI=1S/C18H23N3O5S/c1-24-10-8-21(9-11-25-2)17(23)15-12-27-18(19-15)20-16(22)13-4-6-14(26-3)7-5-13/h4-7,12H,8-11H2,1-3H3,(H,19,20,22). The number of nitrogens with one attached hydrogen (secondary N) is 1. The van der Waals surface area contributed by atoms with E-state index in [1.54, 1.807) is 55.9 Å². The van der Waals surface area contributed by atoms with E-state index in [1.165, 1.54) is 11.3 Å². The predicted molar refractivity (Wildman–Crippen MR) is 103 cm³/mol. The van der Waals surface area contributed by atoms with Gasteiger partial charge in [0.25, 0.3) is 11.8 Å². The highest BCUT2D eigenvalue weighted by molar-refractivity contribution is 7.14. The van der Waals surface area contributed by atoms with Gasteiger partial charge in [0.05, 0.1) is 20.3 Å². The molecule has 9 heteroatoms. The van der Waals surface area contributed by atoms with Gasteiger partial charge in [0.15, 0.2) is 5.13 Å². The van der Waals surface area contributed by atoms with Crippen LogP contribution >= 0.6 is 11.3 Å². The van der Waals surface area contributed by atoms with Crippen molar-refractivity contribution >= 4 is 28.3 Å². The molecule has 0 spiro atoms. The molecule has 1 aromatic carbocycles. The number of amides is 2. The number of carbonyl (C=O) groups excluding carboxylic acids is 2. The van der Waals surface area contributed by atoms with E-state index in [4.69, 9.17) is 14.2 Å². The third kappa shape index (κ3) is 6.02. The van der Waals surface area contributed by atoms with E-state index in [2.05, 4.69) is 10.3 Å². The molecule has 0 saturated carbocycles. The fourth-order valence-corrected chi connectivity index (χ4v) is 2.90. The van der Waals surface area contributed by atoms with E-state index in [0.717, 1.165) is 0 Å². The lowest BCUT2D eigenvalue weighted by atomic mass is 10.2. The van der Waals surface area contributed by atoms with Crippen molar-refractivity contribution < 1.29 is 23.8 Å². The molecule has 1 N–H and O–H groups in total. The van der Waals surface area contributed by atoms with Crippen molar-refractivity contribution in [2.24, 2.45) is 0 Å². The zero-order valence-electron chi connectivity index (χ0n) is 15.6. The lowest BCUT2D eigenvalue weighted by Gasteiger charge is -2.20. The normalized spacial score (nSPS) is 10.5. The number of ether oxygens (including phenoxy) is 3. The van der Waals surface area contributed by atoms with Crippen molar-refractivity contribution in [1.82, 2.24) is 9.88 Å². The van der Waals surface area contributed by atoms with Gasteiger partial charge < -0.3 is 19.1 Å². The number of thiazole rings is 1. The predicted octanol–water partition coefficient (Wildman–Crippen LogP) is 2.14. The lowest BCUT2D eigenvalue weighted by Crippen LogP contribution is -2.36. The van der Waals surface area contributed by atoms with Crippen molar-refractivity contribution in [3.8, 4) is 5.75 Å². The minimum absolute atomic E-state index is 0.231. The van der Waals surface area contributed by atoms with E-state index < -0.39 is 0 Å². The van der Waals surface area contributed by atoms with E-state index in [0.29, 0.717) is 42.7 Å². The minimum Gasteiger partial charge on any atom is -0.497 e. The Morgan fingerprint density at radius 3 is 2.26 bits per heavy atom. The highest BCUT2D eigenvalue weighted by atomic mass is 32.1. The maximum Gasteiger partial charge on any atom is 0.273 e. The number of anilines is 1. The van der Waals surface area contributed by atoms with Crippen LogP contribution in [0.15, 0.2) is 29.6 Å². The highest BCUT2D eigenvalue weighted by Crippen LogP contribution is 2.19. The molecule has 0 atom stereocenters. The molecule has 1 aromatic heterocycles. The summed E-state index contributed by atoms with van der Waals surface area (Å²) < 4.78 is 15.2. The summed E-state index contributed by atoms with van der Waals surface area (Å²) in [6.45, 7) is 1.70. The van der Waals surface area contributed by atoms with Crippen LogP contribution in [0.1, 0.15) is 20.8 Å². The van der Waals surface area contributed by atoms with Crippen molar-refractivity contribution in [2.75, 3.05) is 52.9 Å². The molecular formula is C18H23N3O5S. The SMILES string of the molecule is COCCN(CCOC)C(=O)c1csc(NC(=O)c2ccc(OC)cc2)n1. The summed E-state index contributed by atoms with van der Waals surface area (Å²) in [7, 11) is 4.72. The van der Waals surface area contributed by atoms with Gasteiger partial charge in [0.2, 0.25) is 0 Å². The summed E-state index contributed by atoms with van der Waals surface area (Å²) in [5, 5.41) is 4.69. The van der Waals surface area contributed by atoms with Crippen LogP contribution in [0.2, 0.25) is 0 Å². The van der Waals surface area contributed by atoms with Crippen molar-refractivity contribution in [1.29, 1.82) is 0 Å². The van der Waals surface area contributed by atoms with Crippen LogP contribution in [0.5, 0.6) is 5.75 Å². The Balaban J connectivity index is 2.02. The second-order valence-corrected chi connectivity index (χ2v) is 6.36.